The predicted molar refractivity (Wildman–Crippen MR) is 55.0 cm³/mol. The third-order valence-corrected chi connectivity index (χ3v) is 0. The van der Waals surface area contributed by atoms with E-state index in [9.17, 15) is 0 Å². The van der Waals surface area contributed by atoms with Gasteiger partial charge in [-0.05, 0) is 0 Å². The number of halogens is 1. The standard InChI is InChI=1S/Ca.ClH.11H2O.2H/h;1H;11*1H2;;/q+2;;;;;;;;;;;;;2*-1. The van der Waals surface area contributed by atoms with Crippen molar-refractivity contribution in [1.82, 2.24) is 0 Å². The van der Waals surface area contributed by atoms with E-state index in [-0.39, 0.29) is 113 Å². The van der Waals surface area contributed by atoms with E-state index in [1.807, 2.05) is 0 Å². The van der Waals surface area contributed by atoms with Gasteiger partial charge in [-0.3, -0.25) is 0 Å². The molecule has 13 heavy (non-hydrogen) atoms. The molecule has 0 aromatic carbocycles. The molecule has 0 heterocycles. The van der Waals surface area contributed by atoms with Crippen molar-refractivity contribution in [2.45, 2.75) is 0 Å². The van der Waals surface area contributed by atoms with Crippen molar-refractivity contribution in [2.24, 2.45) is 0 Å². The second-order valence-corrected chi connectivity index (χ2v) is 0. The smallest absolute Gasteiger partial charge is 1.00 e. The van der Waals surface area contributed by atoms with Gasteiger partial charge in [-0.25, -0.2) is 0 Å². The molecular formula is H25CaClO11. The molecule has 0 rings (SSSR count). The van der Waals surface area contributed by atoms with Crippen molar-refractivity contribution >= 4 is 50.1 Å². The summed E-state index contributed by atoms with van der Waals surface area (Å²) in [6, 6.07) is 0. The molecule has 11 nitrogen and oxygen atoms in total. The first-order valence-electron chi connectivity index (χ1n) is 0. The number of hydrogen-bond acceptors (Lipinski definition) is 0. The minimum Gasteiger partial charge on any atom is -1.00 e. The minimum atomic E-state index is 0. The first-order chi connectivity index (χ1) is 0. The van der Waals surface area contributed by atoms with Gasteiger partial charge < -0.3 is 63.1 Å². The molecule has 0 amide bonds. The van der Waals surface area contributed by atoms with Crippen LogP contribution in [-0.4, -0.2) is 98.0 Å². The van der Waals surface area contributed by atoms with E-state index in [2.05, 4.69) is 0 Å². The maximum atomic E-state index is 0. The van der Waals surface area contributed by atoms with E-state index >= 15 is 0 Å². The van der Waals surface area contributed by atoms with Crippen molar-refractivity contribution < 1.29 is 63.1 Å². The summed E-state index contributed by atoms with van der Waals surface area (Å²) in [5.41, 5.74) is 0. The maximum absolute atomic E-state index is 0. The van der Waals surface area contributed by atoms with Gasteiger partial charge in [0.05, 0.1) is 0 Å². The normalized spacial score (nSPS) is 0. The minimum absolute atomic E-state index is 0. The maximum Gasteiger partial charge on any atom is 2.00 e. The summed E-state index contributed by atoms with van der Waals surface area (Å²) in [7, 11) is 0. The molecule has 22 N–H and O–H groups in total. The van der Waals surface area contributed by atoms with E-state index in [1.165, 1.54) is 0 Å². The zero-order valence-electron chi connectivity index (χ0n) is 8.62. The molecule has 0 spiro atoms. The molecule has 0 aromatic rings. The van der Waals surface area contributed by atoms with Crippen LogP contribution in [0.25, 0.3) is 0 Å². The second kappa shape index (κ2) is 1560. The average molecular weight is 277 g/mol. The summed E-state index contributed by atoms with van der Waals surface area (Å²) < 4.78 is 0. The SMILES string of the molecule is Cl.O.O.O.O.O.O.O.O.O.O.O.[Ca+2].[H-].[H-]. The average Bonchev–Trinajstić information content (AvgIpc) is 0. The van der Waals surface area contributed by atoms with Crippen LogP contribution in [0.15, 0.2) is 0 Å². The summed E-state index contributed by atoms with van der Waals surface area (Å²) in [4.78, 5) is 0. The summed E-state index contributed by atoms with van der Waals surface area (Å²) >= 11 is 0. The summed E-state index contributed by atoms with van der Waals surface area (Å²) in [6.45, 7) is 0. The van der Waals surface area contributed by atoms with Gasteiger partial charge in [-0.2, -0.15) is 0 Å². The molecule has 0 bridgehead atoms. The Balaban J connectivity index is 0. The van der Waals surface area contributed by atoms with Gasteiger partial charge in [0.15, 0.2) is 0 Å². The molecule has 13 heteroatoms. The molecule has 0 atom stereocenters. The van der Waals surface area contributed by atoms with Crippen LogP contribution in [0.5, 0.6) is 0 Å². The fourth-order valence-electron chi connectivity index (χ4n) is 0. The Morgan fingerprint density at radius 2 is 0.308 bits per heavy atom. The molecular weight excluding hydrogens is 252 g/mol. The van der Waals surface area contributed by atoms with Gasteiger partial charge in [0.25, 0.3) is 0 Å². The van der Waals surface area contributed by atoms with Crippen LogP contribution in [-0.2, 0) is 0 Å². The van der Waals surface area contributed by atoms with Crippen LogP contribution in [0.3, 0.4) is 0 Å². The van der Waals surface area contributed by atoms with E-state index in [0.29, 0.717) is 0 Å². The molecule has 0 aliphatic carbocycles. The Hall–Kier alpha value is 1.11. The van der Waals surface area contributed by atoms with Crippen LogP contribution in [0, 0.1) is 0 Å². The van der Waals surface area contributed by atoms with Crippen molar-refractivity contribution in [2.75, 3.05) is 0 Å². The third kappa shape index (κ3) is 1310. The van der Waals surface area contributed by atoms with Crippen LogP contribution in [0.4, 0.5) is 0 Å². The fourth-order valence-corrected chi connectivity index (χ4v) is 0. The molecule has 0 radical (unpaired) electrons. The topological polar surface area (TPSA) is 346 Å². The van der Waals surface area contributed by atoms with Crippen molar-refractivity contribution in [3.63, 3.8) is 0 Å². The predicted octanol–water partition coefficient (Wildman–Crippen LogP) is -8.81. The Kier molecular flexibility index (Phi) is 236000. The molecule has 0 unspecified atom stereocenters. The first-order valence-corrected chi connectivity index (χ1v) is 0. The van der Waals surface area contributed by atoms with E-state index < -0.39 is 0 Å². The molecule has 0 saturated heterocycles. The first kappa shape index (κ1) is 1970. The molecule has 0 aliphatic heterocycles. The quantitative estimate of drug-likeness (QED) is 0.371. The van der Waals surface area contributed by atoms with Gasteiger partial charge in [0.2, 0.25) is 0 Å². The van der Waals surface area contributed by atoms with E-state index in [4.69, 9.17) is 0 Å². The largest absolute Gasteiger partial charge is 2.00 e. The molecule has 0 aromatic heterocycles. The second-order valence-electron chi connectivity index (χ2n) is 0. The Labute approximate surface area is 113 Å². The summed E-state index contributed by atoms with van der Waals surface area (Å²) in [5, 5.41) is 0. The van der Waals surface area contributed by atoms with Crippen LogP contribution >= 0.6 is 12.4 Å². The van der Waals surface area contributed by atoms with E-state index in [0.717, 1.165) is 0 Å². The molecule has 100 valence electrons. The van der Waals surface area contributed by atoms with Crippen LogP contribution < -0.4 is 0 Å². The van der Waals surface area contributed by atoms with Crippen molar-refractivity contribution in [1.29, 1.82) is 0 Å². The Morgan fingerprint density at radius 3 is 0.308 bits per heavy atom. The van der Waals surface area contributed by atoms with Gasteiger partial charge >= 0.3 is 37.7 Å². The van der Waals surface area contributed by atoms with Crippen LogP contribution in [0.1, 0.15) is 2.85 Å². The van der Waals surface area contributed by atoms with Crippen molar-refractivity contribution in [3.05, 3.63) is 0 Å². The zero-order chi connectivity index (χ0) is 0. The van der Waals surface area contributed by atoms with Crippen molar-refractivity contribution in [3.8, 4) is 0 Å². The van der Waals surface area contributed by atoms with E-state index in [1.54, 1.807) is 0 Å². The number of hydrogen-bond donors (Lipinski definition) is 0. The van der Waals surface area contributed by atoms with Gasteiger partial charge in [-0.15, -0.1) is 12.4 Å². The molecule has 0 aliphatic rings. The van der Waals surface area contributed by atoms with Gasteiger partial charge in [0, 0.05) is 0 Å². The summed E-state index contributed by atoms with van der Waals surface area (Å²) in [5.74, 6) is 0. The van der Waals surface area contributed by atoms with Gasteiger partial charge in [0.1, 0.15) is 0 Å². The summed E-state index contributed by atoms with van der Waals surface area (Å²) in [6.07, 6.45) is 0. The monoisotopic (exact) mass is 276 g/mol. The number of rotatable bonds is 0. The Bertz CT molecular complexity index is 18.5. The molecule has 0 saturated carbocycles. The van der Waals surface area contributed by atoms with Crippen LogP contribution in [0.2, 0.25) is 0 Å². The van der Waals surface area contributed by atoms with Gasteiger partial charge in [-0.1, -0.05) is 0 Å². The molecule has 0 fully saturated rings. The third-order valence-electron chi connectivity index (χ3n) is 0. The zero-order valence-corrected chi connectivity index (χ0v) is 9.64. The Morgan fingerprint density at radius 1 is 0.308 bits per heavy atom. The fraction of sp³-hybridized carbons (Fsp3) is 0.